The van der Waals surface area contributed by atoms with Gasteiger partial charge in [0.25, 0.3) is 11.8 Å². The van der Waals surface area contributed by atoms with E-state index in [2.05, 4.69) is 5.32 Å². The van der Waals surface area contributed by atoms with Gasteiger partial charge in [-0.2, -0.15) is 0 Å². The Morgan fingerprint density at radius 2 is 1.97 bits per heavy atom. The highest BCUT2D eigenvalue weighted by molar-refractivity contribution is 6.06. The third-order valence-corrected chi connectivity index (χ3v) is 5.88. The summed E-state index contributed by atoms with van der Waals surface area (Å²) in [6, 6.07) is 17.0. The number of carbonyl (C=O) groups is 2. The second-order valence-corrected chi connectivity index (χ2v) is 8.27. The zero-order valence-electron chi connectivity index (χ0n) is 18.4. The van der Waals surface area contributed by atoms with Gasteiger partial charge in [-0.15, -0.1) is 0 Å². The van der Waals surface area contributed by atoms with Gasteiger partial charge in [0.1, 0.15) is 0 Å². The molecule has 1 aromatic heterocycles. The highest BCUT2D eigenvalue weighted by atomic mass is 16.3. The number of benzene rings is 2. The number of likely N-dealkylation sites (tertiary alicyclic amines) is 1. The van der Waals surface area contributed by atoms with Crippen molar-refractivity contribution in [3.8, 4) is 0 Å². The molecule has 1 aliphatic heterocycles. The molecule has 0 saturated carbocycles. The molecular weight excluding hydrogens is 404 g/mol. The molecule has 1 fully saturated rings. The summed E-state index contributed by atoms with van der Waals surface area (Å²) < 4.78 is 0. The van der Waals surface area contributed by atoms with Crippen molar-refractivity contribution in [2.24, 2.45) is 0 Å². The summed E-state index contributed by atoms with van der Waals surface area (Å²) in [7, 11) is 3.91. The zero-order chi connectivity index (χ0) is 22.7. The van der Waals surface area contributed by atoms with Crippen LogP contribution < -0.4 is 10.2 Å². The molecule has 2 heterocycles. The summed E-state index contributed by atoms with van der Waals surface area (Å²) in [5.74, 6) is -0.159. The maximum absolute atomic E-state index is 13.1. The number of carbonyl (C=O) groups excluding carboxylic acids is 2. The van der Waals surface area contributed by atoms with Gasteiger partial charge in [-0.1, -0.05) is 24.3 Å². The fraction of sp³-hybridized carbons (Fsp3) is 0.320. The molecule has 32 heavy (non-hydrogen) atoms. The summed E-state index contributed by atoms with van der Waals surface area (Å²) in [4.78, 5) is 34.5. The molecule has 7 heteroatoms. The number of fused-ring (bicyclic) bond motifs is 1. The Morgan fingerprint density at radius 3 is 2.75 bits per heavy atom. The van der Waals surface area contributed by atoms with Gasteiger partial charge in [0.15, 0.2) is 0 Å². The third-order valence-electron chi connectivity index (χ3n) is 5.88. The smallest absolute Gasteiger partial charge is 0.253 e. The second kappa shape index (κ2) is 9.36. The highest BCUT2D eigenvalue weighted by Crippen LogP contribution is 2.30. The molecule has 3 aromatic rings. The molecule has 1 aliphatic rings. The normalized spacial score (nSPS) is 15.7. The second-order valence-electron chi connectivity index (χ2n) is 8.27. The van der Waals surface area contributed by atoms with Gasteiger partial charge in [-0.3, -0.25) is 14.6 Å². The topological polar surface area (TPSA) is 85.8 Å². The van der Waals surface area contributed by atoms with Crippen molar-refractivity contribution in [1.29, 1.82) is 0 Å². The minimum atomic E-state index is -0.231. The predicted molar refractivity (Wildman–Crippen MR) is 125 cm³/mol. The van der Waals surface area contributed by atoms with E-state index in [1.54, 1.807) is 0 Å². The first-order valence-corrected chi connectivity index (χ1v) is 10.8. The van der Waals surface area contributed by atoms with Crippen LogP contribution in [0.4, 0.5) is 5.69 Å². The molecule has 7 nitrogen and oxygen atoms in total. The molecule has 0 spiro atoms. The van der Waals surface area contributed by atoms with Crippen molar-refractivity contribution < 1.29 is 14.7 Å². The van der Waals surface area contributed by atoms with Crippen LogP contribution in [0.25, 0.3) is 10.9 Å². The van der Waals surface area contributed by atoms with Gasteiger partial charge in [-0.25, -0.2) is 0 Å². The Bertz CT molecular complexity index is 1140. The molecule has 2 amide bonds. The van der Waals surface area contributed by atoms with Crippen LogP contribution in [0.1, 0.15) is 38.7 Å². The van der Waals surface area contributed by atoms with Gasteiger partial charge in [0.05, 0.1) is 17.7 Å². The number of anilines is 1. The summed E-state index contributed by atoms with van der Waals surface area (Å²) in [6.45, 7) is 1.29. The number of nitrogens with zero attached hydrogens (tertiary/aromatic N) is 3. The van der Waals surface area contributed by atoms with E-state index >= 15 is 0 Å². The average Bonchev–Trinajstić information content (AvgIpc) is 3.31. The number of aliphatic hydroxyl groups excluding tert-OH is 1. The lowest BCUT2D eigenvalue weighted by Crippen LogP contribution is -2.29. The minimum Gasteiger partial charge on any atom is -0.395 e. The van der Waals surface area contributed by atoms with Crippen molar-refractivity contribution in [1.82, 2.24) is 15.2 Å². The number of aromatic nitrogens is 1. The Hall–Kier alpha value is -3.45. The molecule has 0 bridgehead atoms. The van der Waals surface area contributed by atoms with E-state index in [1.807, 2.05) is 78.5 Å². The first kappa shape index (κ1) is 21.8. The maximum Gasteiger partial charge on any atom is 0.253 e. The molecule has 2 N–H and O–H groups in total. The van der Waals surface area contributed by atoms with Gasteiger partial charge >= 0.3 is 0 Å². The molecule has 1 atom stereocenters. The number of amides is 2. The van der Waals surface area contributed by atoms with Gasteiger partial charge in [0, 0.05) is 62.0 Å². The van der Waals surface area contributed by atoms with Gasteiger partial charge in [-0.05, 0) is 36.8 Å². The van der Waals surface area contributed by atoms with Gasteiger partial charge in [0.2, 0.25) is 0 Å². The predicted octanol–water partition coefficient (Wildman–Crippen LogP) is 2.65. The molecule has 0 radical (unpaired) electrons. The van der Waals surface area contributed by atoms with Crippen LogP contribution in [0, 0.1) is 0 Å². The lowest BCUT2D eigenvalue weighted by atomic mass is 9.99. The first-order chi connectivity index (χ1) is 15.5. The summed E-state index contributed by atoms with van der Waals surface area (Å²) in [5.41, 5.74) is 3.77. The summed E-state index contributed by atoms with van der Waals surface area (Å²) in [6.07, 6.45) is 0.794. The van der Waals surface area contributed by atoms with Crippen LogP contribution in [0.3, 0.4) is 0 Å². The van der Waals surface area contributed by atoms with Crippen molar-refractivity contribution in [3.05, 3.63) is 71.4 Å². The standard InChI is InChI=1S/C25H28N4O3/c1-28(2)19-7-5-6-17(14-19)25(32)29-12-10-18(16-29)23-15-21(24(31)26-11-13-30)20-8-3-4-9-22(20)27-23/h3-9,14-15,18,30H,10-13,16H2,1-2H3,(H,26,31)/t18-/m1/s1. The quantitative estimate of drug-likeness (QED) is 0.626. The SMILES string of the molecule is CN(C)c1cccc(C(=O)N2CC[C@@H](c3cc(C(=O)NCCO)c4ccccc4n3)C2)c1. The molecule has 166 valence electrons. The molecule has 0 unspecified atom stereocenters. The van der Waals surface area contributed by atoms with Gasteiger partial charge < -0.3 is 20.2 Å². The largest absolute Gasteiger partial charge is 0.395 e. The fourth-order valence-electron chi connectivity index (χ4n) is 4.14. The number of aliphatic hydroxyl groups is 1. The van der Waals surface area contributed by atoms with E-state index in [1.165, 1.54) is 0 Å². The summed E-state index contributed by atoms with van der Waals surface area (Å²) >= 11 is 0. The lowest BCUT2D eigenvalue weighted by molar-refractivity contribution is 0.0790. The van der Waals surface area contributed by atoms with Crippen LogP contribution in [0.15, 0.2) is 54.6 Å². The average molecular weight is 433 g/mol. The summed E-state index contributed by atoms with van der Waals surface area (Å²) in [5, 5.41) is 12.6. The lowest BCUT2D eigenvalue weighted by Gasteiger charge is -2.19. The maximum atomic E-state index is 13.1. The highest BCUT2D eigenvalue weighted by Gasteiger charge is 2.30. The van der Waals surface area contributed by atoms with Crippen LogP contribution >= 0.6 is 0 Å². The van der Waals surface area contributed by atoms with E-state index in [0.29, 0.717) is 24.2 Å². The Morgan fingerprint density at radius 1 is 1.16 bits per heavy atom. The van der Waals surface area contributed by atoms with Crippen molar-refractivity contribution in [2.45, 2.75) is 12.3 Å². The zero-order valence-corrected chi connectivity index (χ0v) is 18.4. The number of pyridine rings is 1. The third kappa shape index (κ3) is 4.43. The number of hydrogen-bond donors (Lipinski definition) is 2. The van der Waals surface area contributed by atoms with E-state index in [9.17, 15) is 9.59 Å². The van der Waals surface area contributed by atoms with E-state index in [-0.39, 0.29) is 30.9 Å². The van der Waals surface area contributed by atoms with Crippen LogP contribution in [-0.2, 0) is 0 Å². The number of rotatable bonds is 6. The Balaban J connectivity index is 1.58. The molecule has 2 aromatic carbocycles. The van der Waals surface area contributed by atoms with E-state index < -0.39 is 0 Å². The minimum absolute atomic E-state index is 0.0119. The molecular formula is C25H28N4O3. The molecule has 1 saturated heterocycles. The fourth-order valence-corrected chi connectivity index (χ4v) is 4.14. The molecule has 4 rings (SSSR count). The number of nitrogens with one attached hydrogen (secondary N) is 1. The van der Waals surface area contributed by atoms with Crippen molar-refractivity contribution >= 4 is 28.4 Å². The number of para-hydroxylation sites is 1. The van der Waals surface area contributed by atoms with Crippen molar-refractivity contribution in [3.63, 3.8) is 0 Å². The monoisotopic (exact) mass is 432 g/mol. The Labute approximate surface area is 187 Å². The first-order valence-electron chi connectivity index (χ1n) is 10.8. The van der Waals surface area contributed by atoms with Crippen LogP contribution in [0.2, 0.25) is 0 Å². The Kier molecular flexibility index (Phi) is 6.37. The van der Waals surface area contributed by atoms with E-state index in [4.69, 9.17) is 10.1 Å². The number of hydrogen-bond acceptors (Lipinski definition) is 5. The van der Waals surface area contributed by atoms with Crippen LogP contribution in [0.5, 0.6) is 0 Å². The van der Waals surface area contributed by atoms with Crippen LogP contribution in [-0.4, -0.2) is 67.1 Å². The molecule has 0 aliphatic carbocycles. The van der Waals surface area contributed by atoms with E-state index in [0.717, 1.165) is 28.7 Å². The van der Waals surface area contributed by atoms with Crippen molar-refractivity contribution in [2.75, 3.05) is 45.2 Å².